The van der Waals surface area contributed by atoms with E-state index in [1.807, 2.05) is 31.2 Å². The van der Waals surface area contributed by atoms with Crippen molar-refractivity contribution >= 4 is 17.5 Å². The largest absolute Gasteiger partial charge is 0.293 e. The molecule has 2 aromatic carbocycles. The summed E-state index contributed by atoms with van der Waals surface area (Å²) in [5, 5.41) is 0. The molecule has 2 rings (SSSR count). The molecule has 0 unspecified atom stereocenters. The van der Waals surface area contributed by atoms with Gasteiger partial charge in [-0.05, 0) is 37.6 Å². The minimum absolute atomic E-state index is 0.0142. The molecule has 1 nitrogen and oxygen atoms in total. The van der Waals surface area contributed by atoms with Crippen molar-refractivity contribution < 1.29 is 13.6 Å². The monoisotopic (exact) mass is 292 g/mol. The van der Waals surface area contributed by atoms with E-state index in [9.17, 15) is 13.6 Å². The van der Waals surface area contributed by atoms with E-state index in [2.05, 4.69) is 0 Å². The first-order valence-electron chi connectivity index (χ1n) is 6.16. The lowest BCUT2D eigenvalue weighted by Gasteiger charge is -2.06. The van der Waals surface area contributed by atoms with E-state index in [-0.39, 0.29) is 11.3 Å². The standard InChI is InChI=1S/C16H14F2OS/c1-10-3-6-12(7-4-10)20-9-14(19)15-13(17)8-5-11(2)16(15)18/h3-8H,9H2,1-2H3. The Morgan fingerprint density at radius 1 is 1.05 bits per heavy atom. The van der Waals surface area contributed by atoms with Crippen LogP contribution in [0.2, 0.25) is 0 Å². The van der Waals surface area contributed by atoms with Gasteiger partial charge in [0, 0.05) is 4.90 Å². The Morgan fingerprint density at radius 2 is 1.70 bits per heavy atom. The molecule has 0 N–H and O–H groups in total. The molecule has 0 atom stereocenters. The van der Waals surface area contributed by atoms with Crippen molar-refractivity contribution in [2.75, 3.05) is 5.75 Å². The molecule has 20 heavy (non-hydrogen) atoms. The molecule has 0 aliphatic carbocycles. The third-order valence-corrected chi connectivity index (χ3v) is 3.97. The van der Waals surface area contributed by atoms with Gasteiger partial charge >= 0.3 is 0 Å². The van der Waals surface area contributed by atoms with Crippen molar-refractivity contribution in [2.24, 2.45) is 0 Å². The van der Waals surface area contributed by atoms with Crippen molar-refractivity contribution in [2.45, 2.75) is 18.7 Å². The van der Waals surface area contributed by atoms with Crippen LogP contribution >= 0.6 is 11.8 Å². The number of rotatable bonds is 4. The summed E-state index contributed by atoms with van der Waals surface area (Å²) in [6.45, 7) is 3.48. The van der Waals surface area contributed by atoms with Gasteiger partial charge in [0.25, 0.3) is 0 Å². The fourth-order valence-electron chi connectivity index (χ4n) is 1.77. The van der Waals surface area contributed by atoms with Crippen LogP contribution in [-0.2, 0) is 0 Å². The molecule has 0 aliphatic heterocycles. The van der Waals surface area contributed by atoms with Gasteiger partial charge in [0.2, 0.25) is 0 Å². The summed E-state index contributed by atoms with van der Waals surface area (Å²) in [4.78, 5) is 12.9. The van der Waals surface area contributed by atoms with Crippen molar-refractivity contribution in [1.29, 1.82) is 0 Å². The van der Waals surface area contributed by atoms with Crippen LogP contribution in [0, 0.1) is 25.5 Å². The number of carbonyl (C=O) groups is 1. The third-order valence-electron chi connectivity index (χ3n) is 2.95. The van der Waals surface area contributed by atoms with Crippen molar-refractivity contribution in [3.8, 4) is 0 Å². The third kappa shape index (κ3) is 3.25. The van der Waals surface area contributed by atoms with Crippen LogP contribution < -0.4 is 0 Å². The molecule has 0 saturated carbocycles. The van der Waals surface area contributed by atoms with E-state index in [1.54, 1.807) is 0 Å². The van der Waals surface area contributed by atoms with Gasteiger partial charge < -0.3 is 0 Å². The maximum atomic E-state index is 13.8. The van der Waals surface area contributed by atoms with E-state index in [0.717, 1.165) is 16.5 Å². The van der Waals surface area contributed by atoms with Crippen molar-refractivity contribution in [3.63, 3.8) is 0 Å². The maximum Gasteiger partial charge on any atom is 0.178 e. The number of ketones is 1. The minimum atomic E-state index is -0.803. The molecule has 0 heterocycles. The molecular formula is C16H14F2OS. The average molecular weight is 292 g/mol. The highest BCUT2D eigenvalue weighted by atomic mass is 32.2. The van der Waals surface area contributed by atoms with E-state index < -0.39 is 23.0 Å². The summed E-state index contributed by atoms with van der Waals surface area (Å²) in [5.41, 5.74) is 0.955. The Kier molecular flexibility index (Phi) is 4.55. The molecule has 2 aromatic rings. The number of hydrogen-bond acceptors (Lipinski definition) is 2. The molecule has 0 bridgehead atoms. The Balaban J connectivity index is 2.13. The summed E-state index contributed by atoms with van der Waals surface area (Å²) in [5.74, 6) is -2.09. The van der Waals surface area contributed by atoms with E-state index in [1.165, 1.54) is 24.8 Å². The Morgan fingerprint density at radius 3 is 2.35 bits per heavy atom. The van der Waals surface area contributed by atoms with Crippen LogP contribution in [-0.4, -0.2) is 11.5 Å². The van der Waals surface area contributed by atoms with Crippen LogP contribution in [0.1, 0.15) is 21.5 Å². The molecule has 104 valence electrons. The van der Waals surface area contributed by atoms with Gasteiger partial charge in [-0.25, -0.2) is 8.78 Å². The van der Waals surface area contributed by atoms with Crippen LogP contribution in [0.15, 0.2) is 41.3 Å². The van der Waals surface area contributed by atoms with Gasteiger partial charge in [0.1, 0.15) is 11.6 Å². The van der Waals surface area contributed by atoms with E-state index >= 15 is 0 Å². The molecule has 0 amide bonds. The molecule has 0 radical (unpaired) electrons. The zero-order chi connectivity index (χ0) is 14.7. The zero-order valence-electron chi connectivity index (χ0n) is 11.2. The quantitative estimate of drug-likeness (QED) is 0.607. The first-order chi connectivity index (χ1) is 9.49. The Bertz CT molecular complexity index is 636. The van der Waals surface area contributed by atoms with Crippen LogP contribution in [0.25, 0.3) is 0 Å². The highest BCUT2D eigenvalue weighted by Crippen LogP contribution is 2.22. The fraction of sp³-hybridized carbons (Fsp3) is 0.188. The predicted octanol–water partition coefficient (Wildman–Crippen LogP) is 4.56. The lowest BCUT2D eigenvalue weighted by molar-refractivity contribution is 0.101. The number of carbonyl (C=O) groups excluding carboxylic acids is 1. The summed E-state index contributed by atoms with van der Waals surface area (Å²) in [7, 11) is 0. The van der Waals surface area contributed by atoms with Gasteiger partial charge in [0.05, 0.1) is 11.3 Å². The van der Waals surface area contributed by atoms with Crippen LogP contribution in [0.3, 0.4) is 0 Å². The smallest absolute Gasteiger partial charge is 0.178 e. The van der Waals surface area contributed by atoms with Gasteiger partial charge in [0.15, 0.2) is 5.78 Å². The number of halogens is 2. The first kappa shape index (κ1) is 14.7. The summed E-state index contributed by atoms with van der Waals surface area (Å²) >= 11 is 1.27. The number of benzene rings is 2. The molecule has 0 saturated heterocycles. The summed E-state index contributed by atoms with van der Waals surface area (Å²) in [6.07, 6.45) is 0. The molecule has 4 heteroatoms. The predicted molar refractivity (Wildman–Crippen MR) is 77.3 cm³/mol. The van der Waals surface area contributed by atoms with Crippen LogP contribution in [0.5, 0.6) is 0 Å². The van der Waals surface area contributed by atoms with Gasteiger partial charge in [-0.15, -0.1) is 11.8 Å². The van der Waals surface area contributed by atoms with E-state index in [4.69, 9.17) is 0 Å². The second-order valence-electron chi connectivity index (χ2n) is 4.58. The number of aryl methyl sites for hydroxylation is 2. The molecular weight excluding hydrogens is 278 g/mol. The van der Waals surface area contributed by atoms with Crippen molar-refractivity contribution in [3.05, 3.63) is 64.7 Å². The topological polar surface area (TPSA) is 17.1 Å². The SMILES string of the molecule is Cc1ccc(SCC(=O)c2c(F)ccc(C)c2F)cc1. The molecule has 0 spiro atoms. The second kappa shape index (κ2) is 6.18. The maximum absolute atomic E-state index is 13.8. The highest BCUT2D eigenvalue weighted by molar-refractivity contribution is 8.00. The lowest BCUT2D eigenvalue weighted by atomic mass is 10.1. The first-order valence-corrected chi connectivity index (χ1v) is 7.15. The van der Waals surface area contributed by atoms with Gasteiger partial charge in [-0.1, -0.05) is 23.8 Å². The zero-order valence-corrected chi connectivity index (χ0v) is 12.1. The molecule has 0 aromatic heterocycles. The summed E-state index contributed by atoms with van der Waals surface area (Å²) < 4.78 is 27.4. The number of thioether (sulfide) groups is 1. The normalized spacial score (nSPS) is 10.6. The minimum Gasteiger partial charge on any atom is -0.293 e. The molecule has 0 fully saturated rings. The van der Waals surface area contributed by atoms with Crippen molar-refractivity contribution in [1.82, 2.24) is 0 Å². The highest BCUT2D eigenvalue weighted by Gasteiger charge is 2.18. The Labute approximate surface area is 121 Å². The summed E-state index contributed by atoms with van der Waals surface area (Å²) in [6, 6.07) is 10.1. The van der Waals surface area contributed by atoms with Gasteiger partial charge in [-0.3, -0.25) is 4.79 Å². The van der Waals surface area contributed by atoms with Gasteiger partial charge in [-0.2, -0.15) is 0 Å². The number of Topliss-reactive ketones (excluding diaryl/α,β-unsaturated/α-hetero) is 1. The average Bonchev–Trinajstić information content (AvgIpc) is 2.43. The second-order valence-corrected chi connectivity index (χ2v) is 5.63. The number of hydrogen-bond donors (Lipinski definition) is 0. The van der Waals surface area contributed by atoms with E-state index in [0.29, 0.717) is 0 Å². The fourth-order valence-corrected chi connectivity index (χ4v) is 2.54. The van der Waals surface area contributed by atoms with Crippen LogP contribution in [0.4, 0.5) is 8.78 Å². The lowest BCUT2D eigenvalue weighted by Crippen LogP contribution is -2.09. The Hall–Kier alpha value is -1.68. The molecule has 0 aliphatic rings.